The molecule has 0 aliphatic rings. The van der Waals surface area contributed by atoms with Crippen molar-refractivity contribution in [3.8, 4) is 5.75 Å². The quantitative estimate of drug-likeness (QED) is 0.650. The Hall–Kier alpha value is -2.11. The van der Waals surface area contributed by atoms with E-state index in [0.29, 0.717) is 44.6 Å². The van der Waals surface area contributed by atoms with Gasteiger partial charge in [-0.2, -0.15) is 0 Å². The van der Waals surface area contributed by atoms with Gasteiger partial charge >= 0.3 is 5.97 Å². The predicted molar refractivity (Wildman–Crippen MR) is 75.6 cm³/mol. The lowest BCUT2D eigenvalue weighted by Crippen LogP contribution is -2.24. The summed E-state index contributed by atoms with van der Waals surface area (Å²) >= 11 is 0. The van der Waals surface area contributed by atoms with E-state index < -0.39 is 5.97 Å². The summed E-state index contributed by atoms with van der Waals surface area (Å²) in [6.07, 6.45) is 2.26. The van der Waals surface area contributed by atoms with Crippen molar-refractivity contribution >= 4 is 11.9 Å². The highest BCUT2D eigenvalue weighted by Gasteiger charge is 2.02. The number of carboxylic acids is 1. The first-order chi connectivity index (χ1) is 10.1. The molecule has 0 spiro atoms. The molecule has 0 aromatic heterocycles. The molecule has 21 heavy (non-hydrogen) atoms. The number of aliphatic carboxylic acids is 1. The van der Waals surface area contributed by atoms with Crippen LogP contribution in [0.2, 0.25) is 0 Å². The number of hydrogen-bond acceptors (Lipinski definition) is 3. The Kier molecular flexibility index (Phi) is 7.86. The van der Waals surface area contributed by atoms with Crippen LogP contribution in [-0.2, 0) is 9.59 Å². The molecule has 1 amide bonds. The van der Waals surface area contributed by atoms with Crippen LogP contribution in [0.4, 0.5) is 4.39 Å². The van der Waals surface area contributed by atoms with Gasteiger partial charge in [0.05, 0.1) is 6.61 Å². The number of nitrogens with one attached hydrogen (secondary N) is 1. The van der Waals surface area contributed by atoms with Crippen molar-refractivity contribution in [2.75, 3.05) is 13.2 Å². The van der Waals surface area contributed by atoms with E-state index in [-0.39, 0.29) is 18.1 Å². The first-order valence-corrected chi connectivity index (χ1v) is 6.95. The molecule has 0 saturated carbocycles. The minimum absolute atomic E-state index is 0.0759. The van der Waals surface area contributed by atoms with Crippen LogP contribution in [0, 0.1) is 5.82 Å². The van der Waals surface area contributed by atoms with Crippen molar-refractivity contribution in [2.24, 2.45) is 0 Å². The van der Waals surface area contributed by atoms with Crippen molar-refractivity contribution in [3.63, 3.8) is 0 Å². The van der Waals surface area contributed by atoms with Crippen molar-refractivity contribution in [3.05, 3.63) is 30.1 Å². The van der Waals surface area contributed by atoms with Gasteiger partial charge in [0, 0.05) is 19.4 Å². The molecule has 5 nitrogen and oxygen atoms in total. The van der Waals surface area contributed by atoms with Gasteiger partial charge in [-0.1, -0.05) is 0 Å². The van der Waals surface area contributed by atoms with Crippen molar-refractivity contribution in [2.45, 2.75) is 32.1 Å². The first kappa shape index (κ1) is 16.9. The molecule has 6 heteroatoms. The van der Waals surface area contributed by atoms with Crippen LogP contribution in [0.15, 0.2) is 24.3 Å². The van der Waals surface area contributed by atoms with Crippen molar-refractivity contribution in [1.29, 1.82) is 0 Å². The van der Waals surface area contributed by atoms with Crippen LogP contribution in [0.25, 0.3) is 0 Å². The molecule has 0 fully saturated rings. The summed E-state index contributed by atoms with van der Waals surface area (Å²) in [6, 6.07) is 5.72. The van der Waals surface area contributed by atoms with Gasteiger partial charge in [0.1, 0.15) is 11.6 Å². The highest BCUT2D eigenvalue weighted by Crippen LogP contribution is 2.11. The third-order valence-electron chi connectivity index (χ3n) is 2.77. The van der Waals surface area contributed by atoms with Crippen molar-refractivity contribution < 1.29 is 23.8 Å². The molecule has 0 atom stereocenters. The van der Waals surface area contributed by atoms with Gasteiger partial charge in [-0.05, 0) is 43.5 Å². The lowest BCUT2D eigenvalue weighted by molar-refractivity contribution is -0.137. The summed E-state index contributed by atoms with van der Waals surface area (Å²) in [5.41, 5.74) is 0. The normalized spacial score (nSPS) is 10.1. The third-order valence-corrected chi connectivity index (χ3v) is 2.77. The Morgan fingerprint density at radius 2 is 1.81 bits per heavy atom. The molecule has 2 N–H and O–H groups in total. The minimum Gasteiger partial charge on any atom is -0.494 e. The van der Waals surface area contributed by atoms with Gasteiger partial charge in [-0.15, -0.1) is 0 Å². The summed E-state index contributed by atoms with van der Waals surface area (Å²) in [5, 5.41) is 11.2. The zero-order chi connectivity index (χ0) is 15.5. The smallest absolute Gasteiger partial charge is 0.303 e. The van der Waals surface area contributed by atoms with E-state index in [4.69, 9.17) is 9.84 Å². The summed E-state index contributed by atoms with van der Waals surface area (Å²) in [5.74, 6) is -0.637. The van der Waals surface area contributed by atoms with Crippen LogP contribution < -0.4 is 10.1 Å². The summed E-state index contributed by atoms with van der Waals surface area (Å²) in [6.45, 7) is 0.878. The molecule has 0 aliphatic carbocycles. The molecule has 1 rings (SSSR count). The SMILES string of the molecule is O=C(O)CCCCNC(=O)CCCOc1ccc(F)cc1. The Bertz CT molecular complexity index is 447. The lowest BCUT2D eigenvalue weighted by Gasteiger charge is -2.07. The zero-order valence-electron chi connectivity index (χ0n) is 11.8. The number of benzene rings is 1. The predicted octanol–water partition coefficient (Wildman–Crippen LogP) is 2.36. The second-order valence-electron chi connectivity index (χ2n) is 4.61. The molecule has 0 aliphatic heterocycles. The Morgan fingerprint density at radius 3 is 2.48 bits per heavy atom. The van der Waals surface area contributed by atoms with Gasteiger partial charge in [0.15, 0.2) is 0 Å². The average molecular weight is 297 g/mol. The number of carbonyl (C=O) groups is 2. The fourth-order valence-corrected chi connectivity index (χ4v) is 1.67. The van der Waals surface area contributed by atoms with Gasteiger partial charge < -0.3 is 15.2 Å². The molecule has 0 radical (unpaired) electrons. The number of unbranched alkanes of at least 4 members (excludes halogenated alkanes) is 1. The van der Waals surface area contributed by atoms with Gasteiger partial charge in [-0.3, -0.25) is 9.59 Å². The molecule has 1 aromatic rings. The minimum atomic E-state index is -0.820. The van der Waals surface area contributed by atoms with Crippen LogP contribution in [-0.4, -0.2) is 30.1 Å². The van der Waals surface area contributed by atoms with E-state index in [1.807, 2.05) is 0 Å². The zero-order valence-corrected chi connectivity index (χ0v) is 11.8. The third kappa shape index (κ3) is 8.62. The monoisotopic (exact) mass is 297 g/mol. The first-order valence-electron chi connectivity index (χ1n) is 6.95. The van der Waals surface area contributed by atoms with E-state index in [1.54, 1.807) is 0 Å². The summed E-state index contributed by atoms with van der Waals surface area (Å²) < 4.78 is 18.0. The van der Waals surface area contributed by atoms with Crippen LogP contribution >= 0.6 is 0 Å². The summed E-state index contributed by atoms with van der Waals surface area (Å²) in [7, 11) is 0. The molecular formula is C15H20FNO4. The maximum absolute atomic E-state index is 12.7. The Balaban J connectivity index is 2.00. The summed E-state index contributed by atoms with van der Waals surface area (Å²) in [4.78, 5) is 21.7. The topological polar surface area (TPSA) is 75.6 Å². The maximum Gasteiger partial charge on any atom is 0.303 e. The van der Waals surface area contributed by atoms with E-state index >= 15 is 0 Å². The Morgan fingerprint density at radius 1 is 1.10 bits per heavy atom. The fourth-order valence-electron chi connectivity index (χ4n) is 1.67. The van der Waals surface area contributed by atoms with Crippen molar-refractivity contribution in [1.82, 2.24) is 5.32 Å². The largest absolute Gasteiger partial charge is 0.494 e. The number of halogens is 1. The number of carboxylic acid groups (broad SMARTS) is 1. The number of hydrogen-bond donors (Lipinski definition) is 2. The second-order valence-corrected chi connectivity index (χ2v) is 4.61. The average Bonchev–Trinajstić information content (AvgIpc) is 2.45. The molecular weight excluding hydrogens is 277 g/mol. The molecule has 0 heterocycles. The van der Waals surface area contributed by atoms with Crippen LogP contribution in [0.1, 0.15) is 32.1 Å². The molecule has 0 bridgehead atoms. The molecule has 1 aromatic carbocycles. The van der Waals surface area contributed by atoms with E-state index in [0.717, 1.165) is 0 Å². The molecule has 0 unspecified atom stereocenters. The van der Waals surface area contributed by atoms with Gasteiger partial charge in [-0.25, -0.2) is 4.39 Å². The van der Waals surface area contributed by atoms with Crippen LogP contribution in [0.5, 0.6) is 5.75 Å². The number of carbonyl (C=O) groups excluding carboxylic acids is 1. The molecule has 116 valence electrons. The fraction of sp³-hybridized carbons (Fsp3) is 0.467. The lowest BCUT2D eigenvalue weighted by atomic mass is 10.2. The van der Waals surface area contributed by atoms with Crippen LogP contribution in [0.3, 0.4) is 0 Å². The van der Waals surface area contributed by atoms with E-state index in [9.17, 15) is 14.0 Å². The standard InChI is InChI=1S/C15H20FNO4/c16-12-6-8-13(9-7-12)21-11-3-4-14(18)17-10-2-1-5-15(19)20/h6-9H,1-5,10-11H2,(H,17,18)(H,19,20). The van der Waals surface area contributed by atoms with E-state index in [2.05, 4.69) is 5.32 Å². The highest BCUT2D eigenvalue weighted by molar-refractivity contribution is 5.75. The molecule has 0 saturated heterocycles. The number of ether oxygens (including phenoxy) is 1. The second kappa shape index (κ2) is 9.74. The Labute approximate surface area is 123 Å². The highest BCUT2D eigenvalue weighted by atomic mass is 19.1. The van der Waals surface area contributed by atoms with E-state index in [1.165, 1.54) is 24.3 Å². The number of rotatable bonds is 10. The van der Waals surface area contributed by atoms with Gasteiger partial charge in [0.25, 0.3) is 0 Å². The number of amides is 1. The maximum atomic E-state index is 12.7. The van der Waals surface area contributed by atoms with Gasteiger partial charge in [0.2, 0.25) is 5.91 Å².